The van der Waals surface area contributed by atoms with Gasteiger partial charge in [-0.25, -0.2) is 4.39 Å². The predicted molar refractivity (Wildman–Crippen MR) is 115 cm³/mol. The molecule has 154 valence electrons. The Bertz CT molecular complexity index is 1250. The third-order valence-corrected chi connectivity index (χ3v) is 5.71. The van der Waals surface area contributed by atoms with Gasteiger partial charge in [-0.3, -0.25) is 9.89 Å². The number of carbonyl (C=O) groups excluding carboxylic acids is 1. The Morgan fingerprint density at radius 3 is 2.35 bits per heavy atom. The number of H-pyrrole nitrogens is 1. The van der Waals surface area contributed by atoms with Gasteiger partial charge < -0.3 is 10.0 Å². The number of rotatable bonds is 4. The minimum atomic E-state index is -0.419. The van der Waals surface area contributed by atoms with Gasteiger partial charge in [0.2, 0.25) is 0 Å². The van der Waals surface area contributed by atoms with Crippen LogP contribution in [0.5, 0.6) is 5.75 Å². The number of benzene rings is 3. The summed E-state index contributed by atoms with van der Waals surface area (Å²) in [6, 6.07) is 19.7. The average molecular weight is 434 g/mol. The van der Waals surface area contributed by atoms with Crippen molar-refractivity contribution in [2.45, 2.75) is 12.6 Å². The topological polar surface area (TPSA) is 69.2 Å². The van der Waals surface area contributed by atoms with E-state index in [0.717, 1.165) is 22.3 Å². The first kappa shape index (κ1) is 19.3. The zero-order valence-corrected chi connectivity index (χ0v) is 17.0. The van der Waals surface area contributed by atoms with E-state index in [1.54, 1.807) is 53.4 Å². The molecule has 1 aliphatic rings. The van der Waals surface area contributed by atoms with Crippen LogP contribution < -0.4 is 0 Å². The molecule has 0 spiro atoms. The molecule has 2 heterocycles. The largest absolute Gasteiger partial charge is 0.508 e. The van der Waals surface area contributed by atoms with Crippen LogP contribution in [0.2, 0.25) is 5.02 Å². The molecule has 5 rings (SSSR count). The van der Waals surface area contributed by atoms with Gasteiger partial charge in [-0.1, -0.05) is 48.0 Å². The van der Waals surface area contributed by atoms with E-state index >= 15 is 0 Å². The van der Waals surface area contributed by atoms with Crippen molar-refractivity contribution in [2.24, 2.45) is 0 Å². The first-order chi connectivity index (χ1) is 15.0. The summed E-state index contributed by atoms with van der Waals surface area (Å²) >= 11 is 6.04. The molecule has 31 heavy (non-hydrogen) atoms. The third-order valence-electron chi connectivity index (χ3n) is 5.46. The highest BCUT2D eigenvalue weighted by atomic mass is 35.5. The molecule has 0 saturated heterocycles. The Morgan fingerprint density at radius 2 is 1.68 bits per heavy atom. The second-order valence-corrected chi connectivity index (χ2v) is 7.86. The molecule has 1 aliphatic heterocycles. The lowest BCUT2D eigenvalue weighted by atomic mass is 9.96. The summed E-state index contributed by atoms with van der Waals surface area (Å²) in [4.78, 5) is 15.1. The molecule has 5 nitrogen and oxygen atoms in total. The minimum absolute atomic E-state index is 0.142. The Kier molecular flexibility index (Phi) is 4.71. The molecular weight excluding hydrogens is 417 g/mol. The quantitative estimate of drug-likeness (QED) is 0.457. The number of nitrogens with one attached hydrogen (secondary N) is 1. The number of phenols is 1. The van der Waals surface area contributed by atoms with E-state index in [1.807, 2.05) is 12.1 Å². The molecular formula is C24H17ClFN3O2. The van der Waals surface area contributed by atoms with E-state index in [-0.39, 0.29) is 17.5 Å². The van der Waals surface area contributed by atoms with E-state index in [9.17, 15) is 14.3 Å². The number of aromatic amines is 1. The Balaban J connectivity index is 1.63. The summed E-state index contributed by atoms with van der Waals surface area (Å²) in [6.45, 7) is 0.299. The molecule has 1 aromatic heterocycles. The fourth-order valence-corrected chi connectivity index (χ4v) is 4.10. The van der Waals surface area contributed by atoms with E-state index in [1.165, 1.54) is 12.1 Å². The van der Waals surface area contributed by atoms with Crippen LogP contribution in [0.25, 0.3) is 11.3 Å². The molecule has 0 saturated carbocycles. The van der Waals surface area contributed by atoms with Gasteiger partial charge >= 0.3 is 0 Å². The summed E-state index contributed by atoms with van der Waals surface area (Å²) in [7, 11) is 0. The smallest absolute Gasteiger partial charge is 0.273 e. The van der Waals surface area contributed by atoms with Crippen molar-refractivity contribution in [1.29, 1.82) is 0 Å². The van der Waals surface area contributed by atoms with Gasteiger partial charge in [-0.2, -0.15) is 5.10 Å². The Hall–Kier alpha value is -3.64. The van der Waals surface area contributed by atoms with Crippen molar-refractivity contribution in [3.8, 4) is 17.0 Å². The zero-order valence-electron chi connectivity index (χ0n) is 16.2. The minimum Gasteiger partial charge on any atom is -0.508 e. The van der Waals surface area contributed by atoms with Crippen LogP contribution >= 0.6 is 11.6 Å². The summed E-state index contributed by atoms with van der Waals surface area (Å²) in [6.07, 6.45) is 0. The monoisotopic (exact) mass is 433 g/mol. The van der Waals surface area contributed by atoms with E-state index in [0.29, 0.717) is 23.0 Å². The number of hydrogen-bond acceptors (Lipinski definition) is 3. The molecule has 1 atom stereocenters. The summed E-state index contributed by atoms with van der Waals surface area (Å²) < 4.78 is 13.4. The molecule has 3 aromatic carbocycles. The highest BCUT2D eigenvalue weighted by Crippen LogP contribution is 2.43. The lowest BCUT2D eigenvalue weighted by Crippen LogP contribution is -2.29. The lowest BCUT2D eigenvalue weighted by Gasteiger charge is -2.26. The molecule has 1 amide bonds. The number of hydrogen-bond donors (Lipinski definition) is 2. The van der Waals surface area contributed by atoms with Gasteiger partial charge in [0.25, 0.3) is 5.91 Å². The number of aromatic hydroxyl groups is 1. The predicted octanol–water partition coefficient (Wildman–Crippen LogP) is 5.32. The zero-order chi connectivity index (χ0) is 21.5. The maximum atomic E-state index is 13.4. The maximum Gasteiger partial charge on any atom is 0.273 e. The van der Waals surface area contributed by atoms with Crippen molar-refractivity contribution < 1.29 is 14.3 Å². The molecule has 0 bridgehead atoms. The normalized spacial score (nSPS) is 15.4. The number of nitrogens with zero attached hydrogens (tertiary/aromatic N) is 2. The molecule has 0 fully saturated rings. The number of fused-ring (bicyclic) bond motifs is 1. The fourth-order valence-electron chi connectivity index (χ4n) is 3.98. The number of carbonyl (C=O) groups is 1. The van der Waals surface area contributed by atoms with Crippen LogP contribution in [0.15, 0.2) is 72.8 Å². The van der Waals surface area contributed by atoms with E-state index in [2.05, 4.69) is 10.2 Å². The van der Waals surface area contributed by atoms with Crippen molar-refractivity contribution in [1.82, 2.24) is 15.1 Å². The maximum absolute atomic E-state index is 13.4. The standard InChI is InChI=1S/C24H17ClFN3O2/c25-17-7-3-15(4-8-17)21-20-22(28-27-21)24(31)29(13-14-1-9-18(26)10-2-14)23(20)16-5-11-19(30)12-6-16/h1-12,23,30H,13H2,(H,27,28). The van der Waals surface area contributed by atoms with Gasteiger partial charge in [-0.15, -0.1) is 0 Å². The highest BCUT2D eigenvalue weighted by molar-refractivity contribution is 6.30. The van der Waals surface area contributed by atoms with Crippen molar-refractivity contribution in [3.05, 3.63) is 106 Å². The van der Waals surface area contributed by atoms with Crippen LogP contribution in [0.4, 0.5) is 4.39 Å². The van der Waals surface area contributed by atoms with Gasteiger partial charge in [0.1, 0.15) is 17.3 Å². The molecule has 4 aromatic rings. The molecule has 7 heteroatoms. The van der Waals surface area contributed by atoms with Gasteiger partial charge in [0, 0.05) is 22.7 Å². The summed E-state index contributed by atoms with van der Waals surface area (Å²) in [5, 5.41) is 17.7. The Labute approximate surface area is 182 Å². The molecule has 1 unspecified atom stereocenters. The van der Waals surface area contributed by atoms with E-state index in [4.69, 9.17) is 11.6 Å². The van der Waals surface area contributed by atoms with Gasteiger partial charge in [0.15, 0.2) is 0 Å². The van der Waals surface area contributed by atoms with Gasteiger partial charge in [0.05, 0.1) is 11.7 Å². The van der Waals surface area contributed by atoms with Crippen molar-refractivity contribution in [2.75, 3.05) is 0 Å². The molecule has 2 N–H and O–H groups in total. The van der Waals surface area contributed by atoms with Crippen molar-refractivity contribution >= 4 is 17.5 Å². The summed E-state index contributed by atoms with van der Waals surface area (Å²) in [5.41, 5.74) is 4.33. The number of halogens is 2. The average Bonchev–Trinajstić information content (AvgIpc) is 3.31. The number of phenolic OH excluding ortho intramolecular Hbond substituents is 1. The molecule has 0 radical (unpaired) electrons. The molecule has 0 aliphatic carbocycles. The van der Waals surface area contributed by atoms with Crippen LogP contribution in [0, 0.1) is 5.82 Å². The number of amides is 1. The lowest BCUT2D eigenvalue weighted by molar-refractivity contribution is 0.0730. The van der Waals surface area contributed by atoms with E-state index < -0.39 is 6.04 Å². The fraction of sp³-hybridized carbons (Fsp3) is 0.0833. The van der Waals surface area contributed by atoms with Crippen LogP contribution in [-0.2, 0) is 6.54 Å². The highest BCUT2D eigenvalue weighted by Gasteiger charge is 2.42. The van der Waals surface area contributed by atoms with Crippen molar-refractivity contribution in [3.63, 3.8) is 0 Å². The van der Waals surface area contributed by atoms with Crippen LogP contribution in [0.1, 0.15) is 33.2 Å². The first-order valence-electron chi connectivity index (χ1n) is 9.70. The van der Waals surface area contributed by atoms with Crippen LogP contribution in [0.3, 0.4) is 0 Å². The first-order valence-corrected chi connectivity index (χ1v) is 10.1. The second kappa shape index (κ2) is 7.56. The Morgan fingerprint density at radius 1 is 1.00 bits per heavy atom. The second-order valence-electron chi connectivity index (χ2n) is 7.42. The van der Waals surface area contributed by atoms with Gasteiger partial charge in [-0.05, 0) is 47.5 Å². The SMILES string of the molecule is O=C1c2[nH]nc(-c3ccc(Cl)cc3)c2C(c2ccc(O)cc2)N1Cc1ccc(F)cc1. The number of aromatic nitrogens is 2. The third kappa shape index (κ3) is 3.45. The summed E-state index contributed by atoms with van der Waals surface area (Å²) in [5.74, 6) is -0.375. The van der Waals surface area contributed by atoms with Crippen LogP contribution in [-0.4, -0.2) is 26.1 Å².